The molecule has 0 aliphatic carbocycles. The minimum Gasteiger partial charge on any atom is -0.436 e. The van der Waals surface area contributed by atoms with Crippen molar-refractivity contribution in [1.29, 1.82) is 0 Å². The molecular formula is C12H10BrF2N3O. The molecule has 0 aliphatic heterocycles. The first-order chi connectivity index (χ1) is 9.08. The predicted molar refractivity (Wildman–Crippen MR) is 70.3 cm³/mol. The Morgan fingerprint density at radius 2 is 2.11 bits per heavy atom. The molecule has 2 aromatic rings. The molecule has 0 amide bonds. The predicted octanol–water partition coefficient (Wildman–Crippen LogP) is 3.74. The molecule has 1 aromatic carbocycles. The first kappa shape index (κ1) is 13.7. The molecule has 100 valence electrons. The number of ether oxygens (including phenoxy) is 1. The van der Waals surface area contributed by atoms with Gasteiger partial charge in [0.25, 0.3) is 5.88 Å². The lowest BCUT2D eigenvalue weighted by molar-refractivity contribution is 0.417. The van der Waals surface area contributed by atoms with E-state index < -0.39 is 11.6 Å². The van der Waals surface area contributed by atoms with Crippen molar-refractivity contribution in [3.05, 3.63) is 40.5 Å². The second kappa shape index (κ2) is 5.92. The molecule has 0 atom stereocenters. The van der Waals surface area contributed by atoms with Crippen molar-refractivity contribution in [2.45, 2.75) is 6.92 Å². The molecule has 0 fully saturated rings. The van der Waals surface area contributed by atoms with Gasteiger partial charge in [-0.05, 0) is 19.1 Å². The third-order valence-electron chi connectivity index (χ3n) is 2.10. The van der Waals surface area contributed by atoms with Gasteiger partial charge in [0, 0.05) is 17.1 Å². The summed E-state index contributed by atoms with van der Waals surface area (Å²) in [4.78, 5) is 7.60. The number of anilines is 1. The van der Waals surface area contributed by atoms with Crippen molar-refractivity contribution < 1.29 is 13.5 Å². The summed E-state index contributed by atoms with van der Waals surface area (Å²) in [5.41, 5.74) is 0. The summed E-state index contributed by atoms with van der Waals surface area (Å²) in [6.07, 6.45) is 0.995. The molecule has 0 spiro atoms. The van der Waals surface area contributed by atoms with Gasteiger partial charge in [0.15, 0.2) is 0 Å². The van der Waals surface area contributed by atoms with Crippen LogP contribution in [0.15, 0.2) is 28.9 Å². The number of hydrogen-bond acceptors (Lipinski definition) is 4. The fourth-order valence-corrected chi connectivity index (χ4v) is 1.81. The summed E-state index contributed by atoms with van der Waals surface area (Å²) in [6.45, 7) is 2.45. The molecule has 1 heterocycles. The normalized spacial score (nSPS) is 10.3. The molecule has 0 unspecified atom stereocenters. The summed E-state index contributed by atoms with van der Waals surface area (Å²) in [6, 6.07) is 3.92. The van der Waals surface area contributed by atoms with Crippen LogP contribution >= 0.6 is 15.9 Å². The summed E-state index contributed by atoms with van der Waals surface area (Å²) in [5.74, 6) is -1.09. The Hall–Kier alpha value is -1.76. The van der Waals surface area contributed by atoms with E-state index in [-0.39, 0.29) is 17.6 Å². The van der Waals surface area contributed by atoms with Gasteiger partial charge in [-0.25, -0.2) is 9.37 Å². The molecule has 1 N–H and O–H groups in total. The van der Waals surface area contributed by atoms with E-state index in [0.29, 0.717) is 11.0 Å². The Bertz CT molecular complexity index is 575. The van der Waals surface area contributed by atoms with Crippen molar-refractivity contribution in [1.82, 2.24) is 9.97 Å². The van der Waals surface area contributed by atoms with E-state index in [2.05, 4.69) is 31.2 Å². The molecule has 0 aliphatic rings. The van der Waals surface area contributed by atoms with E-state index in [0.717, 1.165) is 12.3 Å². The molecule has 7 heteroatoms. The van der Waals surface area contributed by atoms with Gasteiger partial charge in [-0.1, -0.05) is 15.9 Å². The Kier molecular flexibility index (Phi) is 4.26. The van der Waals surface area contributed by atoms with Gasteiger partial charge in [0.1, 0.15) is 11.6 Å². The number of halogens is 3. The number of nitrogens with one attached hydrogen (secondary N) is 1. The molecule has 0 bridgehead atoms. The monoisotopic (exact) mass is 329 g/mol. The van der Waals surface area contributed by atoms with E-state index in [1.54, 1.807) is 0 Å². The van der Waals surface area contributed by atoms with Crippen LogP contribution in [0.25, 0.3) is 0 Å². The van der Waals surface area contributed by atoms with Crippen LogP contribution in [0.3, 0.4) is 0 Å². The van der Waals surface area contributed by atoms with Crippen LogP contribution in [0.5, 0.6) is 11.6 Å². The van der Waals surface area contributed by atoms with Crippen molar-refractivity contribution in [3.63, 3.8) is 0 Å². The highest BCUT2D eigenvalue weighted by atomic mass is 79.9. The summed E-state index contributed by atoms with van der Waals surface area (Å²) >= 11 is 3.13. The first-order valence-electron chi connectivity index (χ1n) is 5.49. The lowest BCUT2D eigenvalue weighted by Crippen LogP contribution is -2.04. The average molecular weight is 330 g/mol. The number of aromatic nitrogens is 2. The highest BCUT2D eigenvalue weighted by molar-refractivity contribution is 9.10. The summed E-state index contributed by atoms with van der Waals surface area (Å²) in [5, 5.41) is 2.83. The van der Waals surface area contributed by atoms with Crippen LogP contribution in [-0.2, 0) is 0 Å². The van der Waals surface area contributed by atoms with Crippen molar-refractivity contribution >= 4 is 21.9 Å². The van der Waals surface area contributed by atoms with Gasteiger partial charge >= 0.3 is 0 Å². The van der Waals surface area contributed by atoms with Gasteiger partial charge in [-0.2, -0.15) is 9.37 Å². The number of rotatable bonds is 4. The van der Waals surface area contributed by atoms with Crippen molar-refractivity contribution in [3.8, 4) is 11.6 Å². The fraction of sp³-hybridized carbons (Fsp3) is 0.167. The van der Waals surface area contributed by atoms with Gasteiger partial charge in [-0.15, -0.1) is 0 Å². The van der Waals surface area contributed by atoms with Gasteiger partial charge in [0.05, 0.1) is 6.20 Å². The summed E-state index contributed by atoms with van der Waals surface area (Å²) in [7, 11) is 0. The molecule has 1 aromatic heterocycles. The zero-order valence-electron chi connectivity index (χ0n) is 9.95. The molecule has 0 saturated carbocycles. The minimum absolute atomic E-state index is 0.145. The maximum absolute atomic E-state index is 13.5. The maximum atomic E-state index is 13.5. The highest BCUT2D eigenvalue weighted by Gasteiger charge is 2.10. The molecule has 4 nitrogen and oxygen atoms in total. The standard InChI is InChI=1S/C12H10BrF2N3O/c1-2-16-12-17-6-10(15)11(18-12)19-9-4-7(13)3-8(14)5-9/h3-6H,2H2,1H3,(H,16,17,18). The van der Waals surface area contributed by atoms with Crippen molar-refractivity contribution in [2.24, 2.45) is 0 Å². The number of hydrogen-bond donors (Lipinski definition) is 1. The molecule has 2 rings (SSSR count). The van der Waals surface area contributed by atoms with Crippen molar-refractivity contribution in [2.75, 3.05) is 11.9 Å². The second-order valence-corrected chi connectivity index (χ2v) is 4.50. The van der Waals surface area contributed by atoms with Crippen LogP contribution in [0, 0.1) is 11.6 Å². The number of benzene rings is 1. The Balaban J connectivity index is 2.28. The molecule has 0 radical (unpaired) electrons. The molecule has 0 saturated heterocycles. The van der Waals surface area contributed by atoms with Gasteiger partial charge in [0.2, 0.25) is 11.8 Å². The Labute approximate surface area is 117 Å². The zero-order chi connectivity index (χ0) is 13.8. The van der Waals surface area contributed by atoms with E-state index in [9.17, 15) is 8.78 Å². The first-order valence-corrected chi connectivity index (χ1v) is 6.28. The van der Waals surface area contributed by atoms with Crippen LogP contribution in [0.1, 0.15) is 6.92 Å². The maximum Gasteiger partial charge on any atom is 0.260 e. The SMILES string of the molecule is CCNc1ncc(F)c(Oc2cc(F)cc(Br)c2)n1. The van der Waals surface area contributed by atoms with Crippen LogP contribution in [0.2, 0.25) is 0 Å². The zero-order valence-corrected chi connectivity index (χ0v) is 11.5. The average Bonchev–Trinajstić information content (AvgIpc) is 2.32. The van der Waals surface area contributed by atoms with Gasteiger partial charge in [-0.3, -0.25) is 0 Å². The third kappa shape index (κ3) is 3.60. The third-order valence-corrected chi connectivity index (χ3v) is 2.56. The Morgan fingerprint density at radius 1 is 1.32 bits per heavy atom. The topological polar surface area (TPSA) is 47.0 Å². The molecular weight excluding hydrogens is 320 g/mol. The van der Waals surface area contributed by atoms with Crippen LogP contribution in [-0.4, -0.2) is 16.5 Å². The fourth-order valence-electron chi connectivity index (χ4n) is 1.37. The summed E-state index contributed by atoms with van der Waals surface area (Å²) < 4.78 is 32.4. The molecule has 19 heavy (non-hydrogen) atoms. The van der Waals surface area contributed by atoms with E-state index in [4.69, 9.17) is 4.74 Å². The van der Waals surface area contributed by atoms with Crippen LogP contribution < -0.4 is 10.1 Å². The minimum atomic E-state index is -0.720. The lowest BCUT2D eigenvalue weighted by Gasteiger charge is -2.08. The van der Waals surface area contributed by atoms with E-state index in [1.165, 1.54) is 12.1 Å². The van der Waals surface area contributed by atoms with E-state index >= 15 is 0 Å². The smallest absolute Gasteiger partial charge is 0.260 e. The van der Waals surface area contributed by atoms with Crippen LogP contribution in [0.4, 0.5) is 14.7 Å². The van der Waals surface area contributed by atoms with E-state index in [1.807, 2.05) is 6.92 Å². The quantitative estimate of drug-likeness (QED) is 0.928. The highest BCUT2D eigenvalue weighted by Crippen LogP contribution is 2.26. The number of nitrogens with zero attached hydrogens (tertiary/aromatic N) is 2. The Morgan fingerprint density at radius 3 is 2.79 bits per heavy atom. The van der Waals surface area contributed by atoms with Gasteiger partial charge < -0.3 is 10.1 Å². The lowest BCUT2D eigenvalue weighted by atomic mass is 10.3. The largest absolute Gasteiger partial charge is 0.436 e. The second-order valence-electron chi connectivity index (χ2n) is 3.58.